The van der Waals surface area contributed by atoms with E-state index in [2.05, 4.69) is 10.3 Å². The number of aromatic nitrogens is 2. The Morgan fingerprint density at radius 3 is 2.70 bits per heavy atom. The molecular formula is C18H17N3O2. The summed E-state index contributed by atoms with van der Waals surface area (Å²) in [5.74, 6) is 0.429. The number of ether oxygens (including phenoxy) is 1. The summed E-state index contributed by atoms with van der Waals surface area (Å²) in [6.45, 7) is 1.95. The van der Waals surface area contributed by atoms with Crippen LogP contribution in [0.3, 0.4) is 0 Å². The predicted molar refractivity (Wildman–Crippen MR) is 88.9 cm³/mol. The fraction of sp³-hybridized carbons (Fsp3) is 0.111. The number of amides is 1. The second-order valence-electron chi connectivity index (χ2n) is 5.14. The standard InChI is InChI=1S/C18H17N3O2/c1-14-6-8-15(9-7-14)20-18(22)12-23-17-5-3-2-4-16(17)21-11-10-19-13-21/h2-11,13H,12H2,1H3,(H,20,22). The Morgan fingerprint density at radius 1 is 1.17 bits per heavy atom. The van der Waals surface area contributed by atoms with E-state index in [0.29, 0.717) is 5.75 Å². The second-order valence-corrected chi connectivity index (χ2v) is 5.14. The molecule has 0 saturated heterocycles. The van der Waals surface area contributed by atoms with Gasteiger partial charge in [0.1, 0.15) is 5.75 Å². The van der Waals surface area contributed by atoms with Crippen molar-refractivity contribution < 1.29 is 9.53 Å². The zero-order valence-electron chi connectivity index (χ0n) is 12.8. The smallest absolute Gasteiger partial charge is 0.262 e. The number of rotatable bonds is 5. The van der Waals surface area contributed by atoms with E-state index in [0.717, 1.165) is 16.9 Å². The number of nitrogens with zero attached hydrogens (tertiary/aromatic N) is 2. The van der Waals surface area contributed by atoms with Crippen LogP contribution >= 0.6 is 0 Å². The summed E-state index contributed by atoms with van der Waals surface area (Å²) >= 11 is 0. The third-order valence-corrected chi connectivity index (χ3v) is 3.34. The largest absolute Gasteiger partial charge is 0.482 e. The average Bonchev–Trinajstić information content (AvgIpc) is 3.10. The zero-order chi connectivity index (χ0) is 16.1. The Balaban J connectivity index is 1.64. The molecule has 5 nitrogen and oxygen atoms in total. The number of imidazole rings is 1. The van der Waals surface area contributed by atoms with Crippen molar-refractivity contribution in [2.24, 2.45) is 0 Å². The molecule has 0 aliphatic heterocycles. The molecule has 0 aliphatic rings. The lowest BCUT2D eigenvalue weighted by Gasteiger charge is -2.12. The number of para-hydroxylation sites is 2. The van der Waals surface area contributed by atoms with Gasteiger partial charge >= 0.3 is 0 Å². The van der Waals surface area contributed by atoms with Crippen LogP contribution in [0, 0.1) is 6.92 Å². The molecule has 0 unspecified atom stereocenters. The van der Waals surface area contributed by atoms with E-state index >= 15 is 0 Å². The monoisotopic (exact) mass is 307 g/mol. The normalized spacial score (nSPS) is 10.3. The first kappa shape index (κ1) is 14.8. The van der Waals surface area contributed by atoms with E-state index in [9.17, 15) is 4.79 Å². The molecule has 3 rings (SSSR count). The van der Waals surface area contributed by atoms with Gasteiger partial charge in [0.25, 0.3) is 5.91 Å². The third-order valence-electron chi connectivity index (χ3n) is 3.34. The van der Waals surface area contributed by atoms with E-state index in [4.69, 9.17) is 4.74 Å². The Kier molecular flexibility index (Phi) is 4.38. The highest BCUT2D eigenvalue weighted by Gasteiger charge is 2.08. The number of carbonyl (C=O) groups excluding carboxylic acids is 1. The maximum absolute atomic E-state index is 12.0. The lowest BCUT2D eigenvalue weighted by molar-refractivity contribution is -0.118. The van der Waals surface area contributed by atoms with Crippen LogP contribution in [0.5, 0.6) is 5.75 Å². The fourth-order valence-electron chi connectivity index (χ4n) is 2.17. The predicted octanol–water partition coefficient (Wildman–Crippen LogP) is 3.20. The molecule has 0 fully saturated rings. The van der Waals surface area contributed by atoms with Crippen LogP contribution in [0.15, 0.2) is 67.3 Å². The SMILES string of the molecule is Cc1ccc(NC(=O)COc2ccccc2-n2ccnc2)cc1. The Hall–Kier alpha value is -3.08. The van der Waals surface area contributed by atoms with Gasteiger partial charge in [-0.25, -0.2) is 4.98 Å². The minimum Gasteiger partial charge on any atom is -0.482 e. The molecule has 1 amide bonds. The van der Waals surface area contributed by atoms with Crippen LogP contribution in [0.4, 0.5) is 5.69 Å². The van der Waals surface area contributed by atoms with Crippen molar-refractivity contribution in [3.8, 4) is 11.4 Å². The maximum Gasteiger partial charge on any atom is 0.262 e. The van der Waals surface area contributed by atoms with E-state index in [1.54, 1.807) is 12.5 Å². The number of aryl methyl sites for hydroxylation is 1. The lowest BCUT2D eigenvalue weighted by atomic mass is 10.2. The molecule has 0 atom stereocenters. The summed E-state index contributed by atoms with van der Waals surface area (Å²) in [5, 5.41) is 2.81. The highest BCUT2D eigenvalue weighted by Crippen LogP contribution is 2.22. The zero-order valence-corrected chi connectivity index (χ0v) is 12.8. The van der Waals surface area contributed by atoms with Crippen LogP contribution in [0.25, 0.3) is 5.69 Å². The number of benzene rings is 2. The first-order valence-corrected chi connectivity index (χ1v) is 7.29. The highest BCUT2D eigenvalue weighted by atomic mass is 16.5. The van der Waals surface area contributed by atoms with Gasteiger partial charge in [-0.1, -0.05) is 29.8 Å². The van der Waals surface area contributed by atoms with Gasteiger partial charge in [0.05, 0.1) is 12.0 Å². The van der Waals surface area contributed by atoms with Crippen molar-refractivity contribution in [3.63, 3.8) is 0 Å². The second kappa shape index (κ2) is 6.79. The number of hydrogen-bond donors (Lipinski definition) is 1. The first-order chi connectivity index (χ1) is 11.2. The quantitative estimate of drug-likeness (QED) is 0.787. The summed E-state index contributed by atoms with van der Waals surface area (Å²) in [5.41, 5.74) is 2.74. The molecule has 0 spiro atoms. The molecule has 3 aromatic rings. The molecule has 0 radical (unpaired) electrons. The molecule has 2 aromatic carbocycles. The molecule has 0 aliphatic carbocycles. The Morgan fingerprint density at radius 2 is 1.96 bits per heavy atom. The van der Waals surface area contributed by atoms with Crippen LogP contribution in [0.2, 0.25) is 0 Å². The summed E-state index contributed by atoms with van der Waals surface area (Å²) < 4.78 is 7.50. The van der Waals surface area contributed by atoms with Gasteiger partial charge < -0.3 is 14.6 Å². The maximum atomic E-state index is 12.0. The number of nitrogens with one attached hydrogen (secondary N) is 1. The molecule has 1 heterocycles. The van der Waals surface area contributed by atoms with E-state index < -0.39 is 0 Å². The number of hydrogen-bond acceptors (Lipinski definition) is 3. The van der Waals surface area contributed by atoms with Gasteiger partial charge in [0.15, 0.2) is 6.61 Å². The van der Waals surface area contributed by atoms with Crippen molar-refractivity contribution in [2.75, 3.05) is 11.9 Å². The van der Waals surface area contributed by atoms with Crippen LogP contribution in [0.1, 0.15) is 5.56 Å². The fourth-order valence-corrected chi connectivity index (χ4v) is 2.17. The minimum absolute atomic E-state index is 0.0560. The van der Waals surface area contributed by atoms with E-state index in [1.807, 2.05) is 66.2 Å². The van der Waals surface area contributed by atoms with Crippen molar-refractivity contribution in [3.05, 3.63) is 72.8 Å². The van der Waals surface area contributed by atoms with Crippen molar-refractivity contribution >= 4 is 11.6 Å². The molecule has 0 bridgehead atoms. The Bertz CT molecular complexity index is 780. The summed E-state index contributed by atoms with van der Waals surface area (Å²) in [6.07, 6.45) is 5.21. The number of carbonyl (C=O) groups is 1. The molecular weight excluding hydrogens is 290 g/mol. The summed E-state index contributed by atoms with van der Waals surface area (Å²) in [4.78, 5) is 16.0. The van der Waals surface area contributed by atoms with Gasteiger partial charge in [-0.2, -0.15) is 0 Å². The van der Waals surface area contributed by atoms with Gasteiger partial charge in [-0.05, 0) is 31.2 Å². The third kappa shape index (κ3) is 3.77. The molecule has 0 saturated carbocycles. The van der Waals surface area contributed by atoms with Gasteiger partial charge in [0.2, 0.25) is 0 Å². The van der Waals surface area contributed by atoms with E-state index in [1.165, 1.54) is 0 Å². The molecule has 5 heteroatoms. The average molecular weight is 307 g/mol. The van der Waals surface area contributed by atoms with Crippen molar-refractivity contribution in [1.29, 1.82) is 0 Å². The van der Waals surface area contributed by atoms with Gasteiger partial charge in [-0.15, -0.1) is 0 Å². The summed E-state index contributed by atoms with van der Waals surface area (Å²) in [6, 6.07) is 15.2. The Labute approximate surface area is 134 Å². The minimum atomic E-state index is -0.200. The van der Waals surface area contributed by atoms with Crippen LogP contribution in [-0.4, -0.2) is 22.1 Å². The van der Waals surface area contributed by atoms with E-state index in [-0.39, 0.29) is 12.5 Å². The van der Waals surface area contributed by atoms with Crippen LogP contribution in [-0.2, 0) is 4.79 Å². The van der Waals surface area contributed by atoms with Gasteiger partial charge in [-0.3, -0.25) is 4.79 Å². The highest BCUT2D eigenvalue weighted by molar-refractivity contribution is 5.91. The topological polar surface area (TPSA) is 56.1 Å². The van der Waals surface area contributed by atoms with Crippen molar-refractivity contribution in [2.45, 2.75) is 6.92 Å². The van der Waals surface area contributed by atoms with Crippen LogP contribution < -0.4 is 10.1 Å². The number of anilines is 1. The summed E-state index contributed by atoms with van der Waals surface area (Å²) in [7, 11) is 0. The first-order valence-electron chi connectivity index (χ1n) is 7.29. The molecule has 1 aromatic heterocycles. The lowest BCUT2D eigenvalue weighted by Crippen LogP contribution is -2.20. The van der Waals surface area contributed by atoms with Crippen molar-refractivity contribution in [1.82, 2.24) is 9.55 Å². The molecule has 116 valence electrons. The molecule has 1 N–H and O–H groups in total. The van der Waals surface area contributed by atoms with Gasteiger partial charge in [0, 0.05) is 18.1 Å². The molecule has 23 heavy (non-hydrogen) atoms.